The molecule has 2 rings (SSSR count). The Hall–Kier alpha value is -2.33. The molecule has 0 saturated heterocycles. The Morgan fingerprint density at radius 3 is 1.42 bits per heavy atom. The first kappa shape index (κ1) is 36.9. The molecular weight excluding hydrogens is 550 g/mol. The zero-order valence-corrected chi connectivity index (χ0v) is 26.5. The van der Waals surface area contributed by atoms with Crippen LogP contribution in [0.4, 0.5) is 0 Å². The molecule has 1 aromatic carbocycles. The first-order valence-electron chi connectivity index (χ1n) is 16.6. The maximum atomic E-state index is 12.3. The fraction of sp³-hybridized carbons (Fsp3) is 0.735. The van der Waals surface area contributed by atoms with Crippen molar-refractivity contribution in [3.8, 4) is 0 Å². The summed E-state index contributed by atoms with van der Waals surface area (Å²) in [7, 11) is 0. The summed E-state index contributed by atoms with van der Waals surface area (Å²) in [6, 6.07) is 6.83. The van der Waals surface area contributed by atoms with Gasteiger partial charge >= 0.3 is 5.97 Å². The third kappa shape index (κ3) is 16.9. The molecule has 0 radical (unpaired) electrons. The highest BCUT2D eigenvalue weighted by Crippen LogP contribution is 2.21. The first-order valence-corrected chi connectivity index (χ1v) is 16.6. The fourth-order valence-corrected chi connectivity index (χ4v) is 4.93. The van der Waals surface area contributed by atoms with Gasteiger partial charge in [-0.05, 0) is 18.6 Å². The van der Waals surface area contributed by atoms with Crippen molar-refractivity contribution < 1.29 is 38.1 Å². The monoisotopic (exact) mass is 605 g/mol. The van der Waals surface area contributed by atoms with Crippen molar-refractivity contribution >= 4 is 17.8 Å². The van der Waals surface area contributed by atoms with Crippen LogP contribution in [0, 0.1) is 0 Å². The van der Waals surface area contributed by atoms with Crippen LogP contribution in [0.1, 0.15) is 118 Å². The lowest BCUT2D eigenvalue weighted by Gasteiger charge is -2.13. The molecule has 1 heterocycles. The van der Waals surface area contributed by atoms with Crippen LogP contribution in [0.2, 0.25) is 0 Å². The summed E-state index contributed by atoms with van der Waals surface area (Å²) >= 11 is 0. The van der Waals surface area contributed by atoms with E-state index in [-0.39, 0.29) is 37.5 Å². The van der Waals surface area contributed by atoms with Gasteiger partial charge in [0.15, 0.2) is 0 Å². The van der Waals surface area contributed by atoms with Gasteiger partial charge in [0, 0.05) is 6.42 Å². The van der Waals surface area contributed by atoms with E-state index in [1.54, 1.807) is 24.3 Å². The molecule has 43 heavy (non-hydrogen) atoms. The zero-order valence-electron chi connectivity index (χ0n) is 26.5. The molecule has 1 aliphatic heterocycles. The van der Waals surface area contributed by atoms with Gasteiger partial charge in [-0.3, -0.25) is 19.3 Å². The Kier molecular flexibility index (Phi) is 21.5. The number of imide groups is 1. The van der Waals surface area contributed by atoms with E-state index in [4.69, 9.17) is 23.7 Å². The number of unbranched alkanes of at least 4 members (excludes halogenated alkanes) is 12. The van der Waals surface area contributed by atoms with Crippen LogP contribution < -0.4 is 0 Å². The second kappa shape index (κ2) is 25.0. The Balaban J connectivity index is 1.24. The van der Waals surface area contributed by atoms with Crippen LogP contribution in [0.25, 0.3) is 0 Å². The van der Waals surface area contributed by atoms with Gasteiger partial charge in [0.05, 0.1) is 70.5 Å². The minimum Gasteiger partial charge on any atom is -0.463 e. The van der Waals surface area contributed by atoms with Gasteiger partial charge in [0.2, 0.25) is 0 Å². The highest BCUT2D eigenvalue weighted by atomic mass is 16.6. The molecule has 0 aliphatic carbocycles. The number of benzene rings is 1. The van der Waals surface area contributed by atoms with Gasteiger partial charge in [0.1, 0.15) is 6.61 Å². The number of fused-ring (bicyclic) bond motifs is 1. The zero-order chi connectivity index (χ0) is 30.8. The van der Waals surface area contributed by atoms with Crippen molar-refractivity contribution in [2.24, 2.45) is 0 Å². The molecule has 0 saturated carbocycles. The van der Waals surface area contributed by atoms with Gasteiger partial charge in [-0.1, -0.05) is 96.1 Å². The van der Waals surface area contributed by atoms with Gasteiger partial charge in [0.25, 0.3) is 11.8 Å². The SMILES string of the molecule is CCCCCCCCCCCCCCCC(=O)OCCOCCOCCOCCOCCN1C(=O)c2ccccc2C1=O. The molecule has 0 N–H and O–H groups in total. The summed E-state index contributed by atoms with van der Waals surface area (Å²) in [6.45, 7) is 5.86. The molecule has 2 amide bonds. The minimum atomic E-state index is -0.275. The van der Waals surface area contributed by atoms with E-state index in [9.17, 15) is 14.4 Å². The van der Waals surface area contributed by atoms with Gasteiger partial charge in [-0.2, -0.15) is 0 Å². The predicted molar refractivity (Wildman–Crippen MR) is 166 cm³/mol. The molecule has 244 valence electrons. The molecular formula is C34H55NO8. The highest BCUT2D eigenvalue weighted by molar-refractivity contribution is 6.21. The lowest BCUT2D eigenvalue weighted by molar-refractivity contribution is -0.145. The lowest BCUT2D eigenvalue weighted by atomic mass is 10.0. The van der Waals surface area contributed by atoms with Gasteiger partial charge in [-0.25, -0.2) is 0 Å². The average Bonchev–Trinajstić information content (AvgIpc) is 3.26. The number of esters is 1. The molecule has 9 heteroatoms. The third-order valence-corrected chi connectivity index (χ3v) is 7.43. The number of ether oxygens (including phenoxy) is 5. The van der Waals surface area contributed by atoms with Gasteiger partial charge in [-0.15, -0.1) is 0 Å². The second-order valence-corrected chi connectivity index (χ2v) is 11.0. The van der Waals surface area contributed by atoms with E-state index < -0.39 is 0 Å². The summed E-state index contributed by atoms with van der Waals surface area (Å²) in [5.74, 6) is -0.696. The van der Waals surface area contributed by atoms with Crippen LogP contribution in [-0.4, -0.2) is 88.7 Å². The highest BCUT2D eigenvalue weighted by Gasteiger charge is 2.34. The lowest BCUT2D eigenvalue weighted by Crippen LogP contribution is -2.33. The largest absolute Gasteiger partial charge is 0.463 e. The van der Waals surface area contributed by atoms with E-state index in [2.05, 4.69) is 6.92 Å². The minimum absolute atomic E-state index is 0.146. The van der Waals surface area contributed by atoms with Crippen molar-refractivity contribution in [1.82, 2.24) is 4.90 Å². The normalized spacial score (nSPS) is 12.7. The molecule has 0 bridgehead atoms. The number of carbonyl (C=O) groups excluding carboxylic acids is 3. The summed E-state index contributed by atoms with van der Waals surface area (Å²) in [4.78, 5) is 37.6. The number of rotatable bonds is 29. The Labute approximate surface area is 258 Å². The Bertz CT molecular complexity index is 858. The topological polar surface area (TPSA) is 101 Å². The third-order valence-electron chi connectivity index (χ3n) is 7.43. The van der Waals surface area contributed by atoms with E-state index in [0.717, 1.165) is 12.8 Å². The average molecular weight is 606 g/mol. The number of nitrogens with zero attached hydrogens (tertiary/aromatic N) is 1. The summed E-state index contributed by atoms with van der Waals surface area (Å²) < 4.78 is 27.1. The molecule has 1 aromatic rings. The standard InChI is InChI=1S/C34H55NO8/c1-2-3-4-5-6-7-8-9-10-11-12-13-14-19-32(36)43-29-28-42-27-26-41-25-24-40-23-22-39-21-20-35-33(37)30-17-15-16-18-31(30)34(35)38/h15-18H,2-14,19-29H2,1H3. The second-order valence-electron chi connectivity index (χ2n) is 11.0. The van der Waals surface area contributed by atoms with E-state index >= 15 is 0 Å². The summed E-state index contributed by atoms with van der Waals surface area (Å²) in [5.41, 5.74) is 0.889. The number of amides is 2. The van der Waals surface area contributed by atoms with Crippen molar-refractivity contribution in [2.45, 2.75) is 96.8 Å². The quantitative estimate of drug-likeness (QED) is 0.0590. The van der Waals surface area contributed by atoms with Crippen LogP contribution >= 0.6 is 0 Å². The van der Waals surface area contributed by atoms with Crippen LogP contribution in [0.15, 0.2) is 24.3 Å². The van der Waals surface area contributed by atoms with Crippen molar-refractivity contribution in [1.29, 1.82) is 0 Å². The van der Waals surface area contributed by atoms with E-state index in [1.165, 1.54) is 75.5 Å². The van der Waals surface area contributed by atoms with Crippen molar-refractivity contribution in [2.75, 3.05) is 66.0 Å². The maximum absolute atomic E-state index is 12.3. The molecule has 0 unspecified atom stereocenters. The molecule has 9 nitrogen and oxygen atoms in total. The molecule has 0 spiro atoms. The predicted octanol–water partition coefficient (Wildman–Crippen LogP) is 6.37. The Morgan fingerprint density at radius 2 is 0.953 bits per heavy atom. The van der Waals surface area contributed by atoms with Crippen LogP contribution in [0.5, 0.6) is 0 Å². The van der Waals surface area contributed by atoms with E-state index in [0.29, 0.717) is 63.8 Å². The molecule has 0 aromatic heterocycles. The van der Waals surface area contributed by atoms with Crippen LogP contribution in [-0.2, 0) is 28.5 Å². The van der Waals surface area contributed by atoms with Gasteiger partial charge < -0.3 is 23.7 Å². The summed E-state index contributed by atoms with van der Waals surface area (Å²) in [6.07, 6.45) is 17.2. The first-order chi connectivity index (χ1) is 21.1. The maximum Gasteiger partial charge on any atom is 0.305 e. The Morgan fingerprint density at radius 1 is 0.558 bits per heavy atom. The van der Waals surface area contributed by atoms with E-state index in [1.807, 2.05) is 0 Å². The van der Waals surface area contributed by atoms with Crippen LogP contribution in [0.3, 0.4) is 0 Å². The molecule has 0 fully saturated rings. The summed E-state index contributed by atoms with van der Waals surface area (Å²) in [5, 5.41) is 0. The van der Waals surface area contributed by atoms with Crippen molar-refractivity contribution in [3.05, 3.63) is 35.4 Å². The molecule has 0 atom stereocenters. The smallest absolute Gasteiger partial charge is 0.305 e. The molecule has 1 aliphatic rings. The fourth-order valence-electron chi connectivity index (χ4n) is 4.93. The number of hydrogen-bond acceptors (Lipinski definition) is 8. The number of carbonyl (C=O) groups is 3. The number of hydrogen-bond donors (Lipinski definition) is 0. The van der Waals surface area contributed by atoms with Crippen molar-refractivity contribution in [3.63, 3.8) is 0 Å².